The third-order valence-electron chi connectivity index (χ3n) is 5.56. The number of aromatic nitrogens is 2. The van der Waals surface area contributed by atoms with Gasteiger partial charge in [-0.2, -0.15) is 18.3 Å². The van der Waals surface area contributed by atoms with Crippen LogP contribution in [0.1, 0.15) is 41.6 Å². The number of hydrogen-bond acceptors (Lipinski definition) is 5. The molecule has 3 aromatic rings. The summed E-state index contributed by atoms with van der Waals surface area (Å²) in [6.07, 6.45) is -3.60. The van der Waals surface area contributed by atoms with Crippen molar-refractivity contribution < 1.29 is 22.6 Å². The van der Waals surface area contributed by atoms with Crippen LogP contribution in [0.4, 0.5) is 19.0 Å². The van der Waals surface area contributed by atoms with Crippen molar-refractivity contribution in [3.8, 4) is 5.75 Å². The standard InChI is InChI=1S/C22H22F3N3O2/c1-12-16(4-3-5-19(12)22(23,24)25)13(2)20-17-7-6-14(30-15-8-9-29-11-15)10-18(17)21(26)28-27-20/h3-7,10,13,15H,8-9,11H2,1-2H3,(H2,26,28)/t13-,15+/m1/s1. The summed E-state index contributed by atoms with van der Waals surface area (Å²) in [6.45, 7) is 4.52. The Morgan fingerprint density at radius 2 is 1.97 bits per heavy atom. The van der Waals surface area contributed by atoms with Gasteiger partial charge in [0.15, 0.2) is 5.82 Å². The lowest BCUT2D eigenvalue weighted by Gasteiger charge is -2.20. The molecule has 4 rings (SSSR count). The molecule has 1 aromatic heterocycles. The second-order valence-electron chi connectivity index (χ2n) is 7.52. The molecule has 2 aromatic carbocycles. The Balaban J connectivity index is 1.75. The average Bonchev–Trinajstić information content (AvgIpc) is 3.20. The summed E-state index contributed by atoms with van der Waals surface area (Å²) >= 11 is 0. The van der Waals surface area contributed by atoms with Crippen molar-refractivity contribution in [1.29, 1.82) is 0 Å². The Morgan fingerprint density at radius 3 is 2.67 bits per heavy atom. The minimum atomic E-state index is -4.41. The van der Waals surface area contributed by atoms with Crippen LogP contribution in [-0.2, 0) is 10.9 Å². The maximum atomic E-state index is 13.3. The van der Waals surface area contributed by atoms with E-state index in [1.54, 1.807) is 12.1 Å². The van der Waals surface area contributed by atoms with Gasteiger partial charge in [0.1, 0.15) is 11.9 Å². The molecule has 2 heterocycles. The maximum Gasteiger partial charge on any atom is 0.416 e. The molecule has 0 bridgehead atoms. The fourth-order valence-corrected chi connectivity index (χ4v) is 3.94. The molecule has 30 heavy (non-hydrogen) atoms. The van der Waals surface area contributed by atoms with Gasteiger partial charge >= 0.3 is 6.18 Å². The number of nitrogen functional groups attached to an aromatic ring is 1. The normalized spacial score (nSPS) is 18.0. The lowest BCUT2D eigenvalue weighted by atomic mass is 9.89. The summed E-state index contributed by atoms with van der Waals surface area (Å²) in [5.41, 5.74) is 6.71. The number of hydrogen-bond donors (Lipinski definition) is 1. The number of benzene rings is 2. The summed E-state index contributed by atoms with van der Waals surface area (Å²) in [5, 5.41) is 9.68. The van der Waals surface area contributed by atoms with Crippen molar-refractivity contribution in [2.45, 2.75) is 38.5 Å². The fourth-order valence-electron chi connectivity index (χ4n) is 3.94. The molecule has 0 radical (unpaired) electrons. The zero-order valence-corrected chi connectivity index (χ0v) is 16.7. The first-order chi connectivity index (χ1) is 14.3. The molecule has 8 heteroatoms. The summed E-state index contributed by atoms with van der Waals surface area (Å²) in [5.74, 6) is 0.485. The lowest BCUT2D eigenvalue weighted by molar-refractivity contribution is -0.138. The van der Waals surface area contributed by atoms with Crippen molar-refractivity contribution in [2.75, 3.05) is 18.9 Å². The minimum Gasteiger partial charge on any atom is -0.488 e. The van der Waals surface area contributed by atoms with E-state index in [4.69, 9.17) is 15.2 Å². The predicted molar refractivity (Wildman–Crippen MR) is 108 cm³/mol. The maximum absolute atomic E-state index is 13.3. The monoisotopic (exact) mass is 417 g/mol. The third kappa shape index (κ3) is 3.79. The smallest absolute Gasteiger partial charge is 0.416 e. The lowest BCUT2D eigenvalue weighted by Crippen LogP contribution is -2.15. The van der Waals surface area contributed by atoms with E-state index in [1.807, 2.05) is 19.1 Å². The van der Waals surface area contributed by atoms with Crippen molar-refractivity contribution in [3.63, 3.8) is 0 Å². The molecule has 0 unspecified atom stereocenters. The zero-order chi connectivity index (χ0) is 21.5. The second-order valence-corrected chi connectivity index (χ2v) is 7.52. The minimum absolute atomic E-state index is 0.00961. The molecule has 2 N–H and O–H groups in total. The Labute approximate surface area is 172 Å². The number of nitrogens with two attached hydrogens (primary N) is 1. The highest BCUT2D eigenvalue weighted by Gasteiger charge is 2.33. The van der Waals surface area contributed by atoms with Crippen molar-refractivity contribution in [2.24, 2.45) is 0 Å². The average molecular weight is 417 g/mol. The zero-order valence-electron chi connectivity index (χ0n) is 16.7. The predicted octanol–water partition coefficient (Wildman–Crippen LogP) is 4.86. The van der Waals surface area contributed by atoms with Gasteiger partial charge in [-0.1, -0.05) is 19.1 Å². The van der Waals surface area contributed by atoms with Gasteiger partial charge in [-0.25, -0.2) is 0 Å². The first kappa shape index (κ1) is 20.4. The van der Waals surface area contributed by atoms with Gasteiger partial charge in [-0.05, 0) is 42.3 Å². The van der Waals surface area contributed by atoms with Gasteiger partial charge in [0.25, 0.3) is 0 Å². The van der Waals surface area contributed by atoms with Crippen LogP contribution in [0.2, 0.25) is 0 Å². The third-order valence-corrected chi connectivity index (χ3v) is 5.56. The van der Waals surface area contributed by atoms with E-state index in [2.05, 4.69) is 10.2 Å². The van der Waals surface area contributed by atoms with Crippen LogP contribution in [0.5, 0.6) is 5.75 Å². The highest BCUT2D eigenvalue weighted by atomic mass is 19.4. The number of halogens is 3. The summed E-state index contributed by atoms with van der Waals surface area (Å²) in [4.78, 5) is 0. The Hall–Kier alpha value is -2.87. The van der Waals surface area contributed by atoms with E-state index >= 15 is 0 Å². The van der Waals surface area contributed by atoms with Gasteiger partial charge in [0.05, 0.1) is 24.5 Å². The first-order valence-electron chi connectivity index (χ1n) is 9.72. The number of nitrogens with zero attached hydrogens (tertiary/aromatic N) is 2. The Kier molecular flexibility index (Phi) is 5.27. The van der Waals surface area contributed by atoms with Crippen LogP contribution in [0.25, 0.3) is 10.8 Å². The number of fused-ring (bicyclic) bond motifs is 1. The molecule has 1 saturated heterocycles. The summed E-state index contributed by atoms with van der Waals surface area (Å²) in [6, 6.07) is 9.65. The molecule has 2 atom stereocenters. The largest absolute Gasteiger partial charge is 0.488 e. The molecule has 5 nitrogen and oxygen atoms in total. The number of alkyl halides is 3. The Bertz CT molecular complexity index is 1080. The fraction of sp³-hybridized carbons (Fsp3) is 0.364. The van der Waals surface area contributed by atoms with E-state index in [1.165, 1.54) is 13.0 Å². The number of rotatable bonds is 4. The van der Waals surface area contributed by atoms with Crippen LogP contribution in [0.3, 0.4) is 0 Å². The molecule has 158 valence electrons. The topological polar surface area (TPSA) is 70.3 Å². The first-order valence-corrected chi connectivity index (χ1v) is 9.72. The Morgan fingerprint density at radius 1 is 1.17 bits per heavy atom. The molecule has 0 amide bonds. The molecular weight excluding hydrogens is 395 g/mol. The van der Waals surface area contributed by atoms with Gasteiger partial charge in [-0.3, -0.25) is 0 Å². The summed E-state index contributed by atoms with van der Waals surface area (Å²) < 4.78 is 51.3. The van der Waals surface area contributed by atoms with E-state index in [9.17, 15) is 13.2 Å². The van der Waals surface area contributed by atoms with Crippen LogP contribution >= 0.6 is 0 Å². The highest BCUT2D eigenvalue weighted by Crippen LogP contribution is 2.38. The molecule has 0 spiro atoms. The van der Waals surface area contributed by atoms with Crippen LogP contribution in [0.15, 0.2) is 36.4 Å². The van der Waals surface area contributed by atoms with E-state index in [-0.39, 0.29) is 17.5 Å². The molecule has 1 aliphatic heterocycles. The molecule has 0 saturated carbocycles. The van der Waals surface area contributed by atoms with E-state index in [0.29, 0.717) is 35.6 Å². The molecular formula is C22H22F3N3O2. The van der Waals surface area contributed by atoms with E-state index < -0.39 is 17.7 Å². The van der Waals surface area contributed by atoms with Gasteiger partial charge in [-0.15, -0.1) is 5.10 Å². The molecule has 0 aliphatic carbocycles. The van der Waals surface area contributed by atoms with Crippen LogP contribution < -0.4 is 10.5 Å². The highest BCUT2D eigenvalue weighted by molar-refractivity contribution is 5.93. The van der Waals surface area contributed by atoms with Crippen LogP contribution in [-0.4, -0.2) is 29.5 Å². The van der Waals surface area contributed by atoms with Crippen molar-refractivity contribution >= 4 is 16.6 Å². The molecule has 1 aliphatic rings. The van der Waals surface area contributed by atoms with Crippen LogP contribution in [0, 0.1) is 6.92 Å². The van der Waals surface area contributed by atoms with Crippen molar-refractivity contribution in [3.05, 3.63) is 58.8 Å². The molecule has 1 fully saturated rings. The SMILES string of the molecule is Cc1c([C@@H](C)c2nnc(N)c3cc(O[C@H]4CCOC4)ccc23)cccc1C(F)(F)F. The van der Waals surface area contributed by atoms with Gasteiger partial charge in [0, 0.05) is 23.1 Å². The number of ether oxygens (including phenoxy) is 2. The number of anilines is 1. The summed E-state index contributed by atoms with van der Waals surface area (Å²) in [7, 11) is 0. The quantitative estimate of drug-likeness (QED) is 0.657. The van der Waals surface area contributed by atoms with E-state index in [0.717, 1.165) is 17.9 Å². The van der Waals surface area contributed by atoms with Crippen molar-refractivity contribution in [1.82, 2.24) is 10.2 Å². The second kappa shape index (κ2) is 7.75. The van der Waals surface area contributed by atoms with Gasteiger partial charge < -0.3 is 15.2 Å². The van der Waals surface area contributed by atoms with Gasteiger partial charge in [0.2, 0.25) is 0 Å².